The van der Waals surface area contributed by atoms with Crippen molar-refractivity contribution in [3.63, 3.8) is 0 Å². The summed E-state index contributed by atoms with van der Waals surface area (Å²) in [5.74, 6) is -0.379. The van der Waals surface area contributed by atoms with Crippen molar-refractivity contribution < 1.29 is 14.3 Å². The van der Waals surface area contributed by atoms with Gasteiger partial charge in [-0.3, -0.25) is 14.5 Å². The van der Waals surface area contributed by atoms with Crippen LogP contribution in [0.4, 0.5) is 0 Å². The zero-order chi connectivity index (χ0) is 22.3. The number of ether oxygens (including phenoxy) is 1. The van der Waals surface area contributed by atoms with Crippen molar-refractivity contribution in [2.75, 3.05) is 32.7 Å². The fraction of sp³-hybridized carbons (Fsp3) is 0.375. The van der Waals surface area contributed by atoms with Gasteiger partial charge in [0.25, 0.3) is 5.91 Å². The zero-order valence-electron chi connectivity index (χ0n) is 18.2. The van der Waals surface area contributed by atoms with E-state index in [0.29, 0.717) is 12.1 Å². The number of hydrogen-bond acceptors (Lipinski definition) is 7. The number of unbranched alkanes of at least 4 members (excludes halogenated alkanes) is 1. The topological polar surface area (TPSA) is 83.6 Å². The van der Waals surface area contributed by atoms with Crippen molar-refractivity contribution >= 4 is 33.5 Å². The lowest BCUT2D eigenvalue weighted by molar-refractivity contribution is -0.131. The third-order valence-electron chi connectivity index (χ3n) is 5.62. The molecule has 1 saturated heterocycles. The number of benzene rings is 2. The van der Waals surface area contributed by atoms with Crippen LogP contribution in [0.25, 0.3) is 10.1 Å². The van der Waals surface area contributed by atoms with E-state index in [1.165, 1.54) is 17.0 Å². The van der Waals surface area contributed by atoms with Crippen molar-refractivity contribution in [1.82, 2.24) is 19.9 Å². The average Bonchev–Trinajstić information content (AvgIpc) is 3.23. The van der Waals surface area contributed by atoms with Crippen LogP contribution >= 0.6 is 11.5 Å². The maximum Gasteiger partial charge on any atom is 0.308 e. The van der Waals surface area contributed by atoms with Crippen molar-refractivity contribution in [3.05, 3.63) is 59.8 Å². The van der Waals surface area contributed by atoms with Crippen LogP contribution in [0.3, 0.4) is 0 Å². The summed E-state index contributed by atoms with van der Waals surface area (Å²) < 4.78 is 11.1. The Kier molecular flexibility index (Phi) is 7.47. The molecule has 0 radical (unpaired) electrons. The van der Waals surface area contributed by atoms with Gasteiger partial charge in [-0.1, -0.05) is 30.3 Å². The molecule has 4 rings (SSSR count). The fourth-order valence-corrected chi connectivity index (χ4v) is 4.89. The Labute approximate surface area is 191 Å². The van der Waals surface area contributed by atoms with E-state index in [-0.39, 0.29) is 17.7 Å². The van der Waals surface area contributed by atoms with Crippen LogP contribution in [-0.2, 0) is 4.79 Å². The molecule has 2 aromatic carbocycles. The van der Waals surface area contributed by atoms with Gasteiger partial charge in [-0.05, 0) is 49.1 Å². The highest BCUT2D eigenvalue weighted by atomic mass is 32.1. The Morgan fingerprint density at radius 3 is 2.88 bits per heavy atom. The summed E-state index contributed by atoms with van der Waals surface area (Å²) in [6.07, 6.45) is 1.85. The number of aromatic nitrogens is 1. The van der Waals surface area contributed by atoms with Gasteiger partial charge in [0, 0.05) is 38.5 Å². The maximum atomic E-state index is 12.5. The largest absolute Gasteiger partial charge is 0.426 e. The summed E-state index contributed by atoms with van der Waals surface area (Å²) in [6.45, 7) is 5.71. The molecular formula is C24H28N4O3S. The van der Waals surface area contributed by atoms with Crippen LogP contribution in [0, 0.1) is 0 Å². The molecular weight excluding hydrogens is 424 g/mol. The second-order valence-electron chi connectivity index (χ2n) is 7.87. The van der Waals surface area contributed by atoms with Gasteiger partial charge in [-0.15, -0.1) is 0 Å². The first-order valence-electron chi connectivity index (χ1n) is 11.0. The van der Waals surface area contributed by atoms with E-state index in [0.717, 1.165) is 44.7 Å². The number of carbonyl (C=O) groups excluding carboxylic acids is 2. The summed E-state index contributed by atoms with van der Waals surface area (Å²) in [5, 5.41) is 7.69. The predicted molar refractivity (Wildman–Crippen MR) is 126 cm³/mol. The van der Waals surface area contributed by atoms with E-state index in [9.17, 15) is 9.59 Å². The van der Waals surface area contributed by atoms with Crippen molar-refractivity contribution in [2.45, 2.75) is 25.8 Å². The molecule has 8 heteroatoms. The number of carbonyl (C=O) groups is 2. The number of esters is 1. The first-order valence-corrected chi connectivity index (χ1v) is 11.8. The molecule has 1 atom stereocenters. The molecule has 1 amide bonds. The first kappa shape index (κ1) is 22.4. The molecule has 32 heavy (non-hydrogen) atoms. The van der Waals surface area contributed by atoms with Gasteiger partial charge in [-0.25, -0.2) is 0 Å². The van der Waals surface area contributed by atoms with E-state index in [1.54, 1.807) is 35.8 Å². The number of nitrogens with one attached hydrogen (secondary N) is 2. The van der Waals surface area contributed by atoms with Crippen molar-refractivity contribution in [2.24, 2.45) is 0 Å². The fourth-order valence-electron chi connectivity index (χ4n) is 4.06. The van der Waals surface area contributed by atoms with Crippen LogP contribution in [0.1, 0.15) is 41.9 Å². The highest BCUT2D eigenvalue weighted by Crippen LogP contribution is 2.31. The third kappa shape index (κ3) is 5.32. The number of hydrogen-bond donors (Lipinski definition) is 2. The second-order valence-corrected chi connectivity index (χ2v) is 8.68. The molecule has 1 aliphatic heterocycles. The van der Waals surface area contributed by atoms with Crippen LogP contribution in [0.2, 0.25) is 0 Å². The number of fused-ring (bicyclic) bond motifs is 1. The Bertz CT molecular complexity index is 1080. The molecule has 0 bridgehead atoms. The highest BCUT2D eigenvalue weighted by molar-refractivity contribution is 7.13. The molecule has 7 nitrogen and oxygen atoms in total. The quantitative estimate of drug-likeness (QED) is 0.310. The van der Waals surface area contributed by atoms with Gasteiger partial charge in [0.1, 0.15) is 5.75 Å². The van der Waals surface area contributed by atoms with E-state index >= 15 is 0 Å². The van der Waals surface area contributed by atoms with Crippen molar-refractivity contribution in [3.8, 4) is 5.75 Å². The Balaban J connectivity index is 1.29. The van der Waals surface area contributed by atoms with Crippen LogP contribution in [0.5, 0.6) is 5.75 Å². The molecule has 2 heterocycles. The van der Waals surface area contributed by atoms with E-state index in [1.807, 2.05) is 0 Å². The Morgan fingerprint density at radius 1 is 1.19 bits per heavy atom. The molecule has 1 aliphatic rings. The standard InChI is InChI=1S/C24H28N4O3S/c1-17(29)31-21-10-4-2-8-18(21)24(30)26-12-6-7-14-28-15-13-25-16-20(28)23-19-9-3-5-11-22(19)32-27-23/h2-5,8-11,20,25H,6-7,12-16H2,1H3,(H,26,30). The lowest BCUT2D eigenvalue weighted by atomic mass is 10.1. The summed E-state index contributed by atoms with van der Waals surface area (Å²) in [6, 6.07) is 15.5. The normalized spacial score (nSPS) is 16.7. The third-order valence-corrected chi connectivity index (χ3v) is 6.46. The van der Waals surface area contributed by atoms with Crippen LogP contribution in [-0.4, -0.2) is 53.9 Å². The predicted octanol–water partition coefficient (Wildman–Crippen LogP) is 3.38. The van der Waals surface area contributed by atoms with E-state index in [2.05, 4.69) is 39.8 Å². The van der Waals surface area contributed by atoms with Crippen LogP contribution in [0.15, 0.2) is 48.5 Å². The Hall–Kier alpha value is -2.81. The van der Waals surface area contributed by atoms with Gasteiger partial charge < -0.3 is 15.4 Å². The van der Waals surface area contributed by atoms with E-state index in [4.69, 9.17) is 9.11 Å². The number of amides is 1. The van der Waals surface area contributed by atoms with Gasteiger partial charge in [0.05, 0.1) is 22.0 Å². The summed E-state index contributed by atoms with van der Waals surface area (Å²) in [5.41, 5.74) is 1.54. The highest BCUT2D eigenvalue weighted by Gasteiger charge is 2.26. The minimum Gasteiger partial charge on any atom is -0.426 e. The zero-order valence-corrected chi connectivity index (χ0v) is 19.0. The van der Waals surface area contributed by atoms with E-state index < -0.39 is 5.97 Å². The van der Waals surface area contributed by atoms with Crippen LogP contribution < -0.4 is 15.4 Å². The monoisotopic (exact) mass is 452 g/mol. The van der Waals surface area contributed by atoms with Gasteiger partial charge >= 0.3 is 5.97 Å². The Morgan fingerprint density at radius 2 is 2.00 bits per heavy atom. The number of piperazine rings is 1. The smallest absolute Gasteiger partial charge is 0.308 e. The molecule has 3 aromatic rings. The molecule has 168 valence electrons. The molecule has 2 N–H and O–H groups in total. The summed E-state index contributed by atoms with van der Waals surface area (Å²) >= 11 is 1.56. The van der Waals surface area contributed by atoms with Gasteiger partial charge in [0.15, 0.2) is 0 Å². The van der Waals surface area contributed by atoms with Crippen molar-refractivity contribution in [1.29, 1.82) is 0 Å². The molecule has 0 spiro atoms. The minimum absolute atomic E-state index is 0.226. The van der Waals surface area contributed by atoms with Gasteiger partial charge in [-0.2, -0.15) is 4.37 Å². The molecule has 0 aliphatic carbocycles. The number of rotatable bonds is 8. The summed E-state index contributed by atoms with van der Waals surface area (Å²) in [7, 11) is 0. The summed E-state index contributed by atoms with van der Waals surface area (Å²) in [4.78, 5) is 26.3. The lowest BCUT2D eigenvalue weighted by Crippen LogP contribution is -2.46. The molecule has 0 saturated carbocycles. The number of para-hydroxylation sites is 1. The minimum atomic E-state index is -0.441. The maximum absolute atomic E-state index is 12.5. The lowest BCUT2D eigenvalue weighted by Gasteiger charge is -2.35. The molecule has 1 fully saturated rings. The average molecular weight is 453 g/mol. The first-order chi connectivity index (χ1) is 15.6. The molecule has 1 aromatic heterocycles. The SMILES string of the molecule is CC(=O)Oc1ccccc1C(=O)NCCCCN1CCNCC1c1nsc2ccccc12. The number of nitrogens with zero attached hydrogens (tertiary/aromatic N) is 2. The van der Waals surface area contributed by atoms with Gasteiger partial charge in [0.2, 0.25) is 0 Å². The second kappa shape index (κ2) is 10.7. The molecule has 1 unspecified atom stereocenters.